The summed E-state index contributed by atoms with van der Waals surface area (Å²) in [5.41, 5.74) is 3.21. The van der Waals surface area contributed by atoms with Crippen LogP contribution < -0.4 is 0 Å². The van der Waals surface area contributed by atoms with E-state index in [1.807, 2.05) is 31.2 Å². The summed E-state index contributed by atoms with van der Waals surface area (Å²) in [5.74, 6) is 0.844. The molecule has 0 spiro atoms. The van der Waals surface area contributed by atoms with Gasteiger partial charge in [-0.25, -0.2) is 0 Å². The molecule has 0 radical (unpaired) electrons. The summed E-state index contributed by atoms with van der Waals surface area (Å²) in [7, 11) is 0. The van der Waals surface area contributed by atoms with Crippen LogP contribution in [-0.4, -0.2) is 32.3 Å². The zero-order valence-corrected chi connectivity index (χ0v) is 14.3. The Kier molecular flexibility index (Phi) is 4.63. The highest BCUT2D eigenvalue weighted by molar-refractivity contribution is 5.10. The third kappa shape index (κ3) is 3.97. The van der Waals surface area contributed by atoms with Gasteiger partial charge < -0.3 is 13.8 Å². The smallest absolute Gasteiger partial charge is 0.133 e. The van der Waals surface area contributed by atoms with Gasteiger partial charge in [0.2, 0.25) is 0 Å². The summed E-state index contributed by atoms with van der Waals surface area (Å²) in [5, 5.41) is 4.13. The third-order valence-electron chi connectivity index (χ3n) is 4.43. The highest BCUT2D eigenvalue weighted by Crippen LogP contribution is 2.18. The Hall–Kier alpha value is -2.44. The molecule has 3 aromatic rings. The molecule has 1 unspecified atom stereocenters. The van der Waals surface area contributed by atoms with Crippen LogP contribution in [0.2, 0.25) is 0 Å². The van der Waals surface area contributed by atoms with E-state index in [0.29, 0.717) is 6.61 Å². The van der Waals surface area contributed by atoms with Crippen LogP contribution >= 0.6 is 0 Å². The average molecular weight is 338 g/mol. The van der Waals surface area contributed by atoms with Crippen LogP contribution in [0.3, 0.4) is 0 Å². The van der Waals surface area contributed by atoms with Gasteiger partial charge in [-0.2, -0.15) is 0 Å². The molecule has 0 aliphatic carbocycles. The molecule has 0 bridgehead atoms. The Bertz CT molecular complexity index is 812. The second-order valence-electron chi connectivity index (χ2n) is 6.50. The first-order valence-corrected chi connectivity index (χ1v) is 8.56. The molecule has 0 fully saturated rings. The van der Waals surface area contributed by atoms with Gasteiger partial charge in [0.1, 0.15) is 5.76 Å². The third-order valence-corrected chi connectivity index (χ3v) is 4.43. The van der Waals surface area contributed by atoms with Gasteiger partial charge in [0, 0.05) is 50.3 Å². The zero-order valence-electron chi connectivity index (χ0n) is 14.3. The van der Waals surface area contributed by atoms with Gasteiger partial charge in [-0.1, -0.05) is 11.2 Å². The SMILES string of the molecule is Cc1cc(CN2Cc3cccn3CC(OCc3ccccn3)C2)no1. The second-order valence-corrected chi connectivity index (χ2v) is 6.50. The van der Waals surface area contributed by atoms with E-state index in [1.165, 1.54) is 5.69 Å². The molecule has 6 heteroatoms. The van der Waals surface area contributed by atoms with Crippen molar-refractivity contribution in [2.75, 3.05) is 6.54 Å². The fraction of sp³-hybridized carbons (Fsp3) is 0.368. The Balaban J connectivity index is 1.47. The maximum Gasteiger partial charge on any atom is 0.133 e. The van der Waals surface area contributed by atoms with Crippen LogP contribution in [-0.2, 0) is 31.0 Å². The molecule has 25 heavy (non-hydrogen) atoms. The Morgan fingerprint density at radius 3 is 2.96 bits per heavy atom. The Morgan fingerprint density at radius 2 is 2.16 bits per heavy atom. The first-order valence-electron chi connectivity index (χ1n) is 8.56. The molecule has 4 heterocycles. The summed E-state index contributed by atoms with van der Waals surface area (Å²) in [6, 6.07) is 12.2. The van der Waals surface area contributed by atoms with Crippen LogP contribution in [0.25, 0.3) is 0 Å². The van der Waals surface area contributed by atoms with Crippen molar-refractivity contribution in [3.63, 3.8) is 0 Å². The fourth-order valence-corrected chi connectivity index (χ4v) is 3.26. The van der Waals surface area contributed by atoms with Gasteiger partial charge in [-0.15, -0.1) is 0 Å². The van der Waals surface area contributed by atoms with E-state index >= 15 is 0 Å². The monoisotopic (exact) mass is 338 g/mol. The maximum absolute atomic E-state index is 6.18. The van der Waals surface area contributed by atoms with Crippen LogP contribution in [0.4, 0.5) is 0 Å². The molecular formula is C19H22N4O2. The Morgan fingerprint density at radius 1 is 1.20 bits per heavy atom. The van der Waals surface area contributed by atoms with E-state index in [-0.39, 0.29) is 6.10 Å². The number of aryl methyl sites for hydroxylation is 1. The molecule has 1 aliphatic heterocycles. The van der Waals surface area contributed by atoms with E-state index in [1.54, 1.807) is 6.20 Å². The van der Waals surface area contributed by atoms with Gasteiger partial charge in [0.15, 0.2) is 0 Å². The molecule has 0 saturated carbocycles. The fourth-order valence-electron chi connectivity index (χ4n) is 3.26. The molecule has 0 N–H and O–H groups in total. The maximum atomic E-state index is 6.18. The molecule has 0 amide bonds. The summed E-state index contributed by atoms with van der Waals surface area (Å²) in [4.78, 5) is 6.70. The number of ether oxygens (including phenoxy) is 1. The predicted molar refractivity (Wildman–Crippen MR) is 92.6 cm³/mol. The number of rotatable bonds is 5. The van der Waals surface area contributed by atoms with Crippen molar-refractivity contribution >= 4 is 0 Å². The van der Waals surface area contributed by atoms with E-state index in [0.717, 1.165) is 43.3 Å². The predicted octanol–water partition coefficient (Wildman–Crippen LogP) is 2.78. The number of aromatic nitrogens is 3. The first kappa shape index (κ1) is 16.1. The summed E-state index contributed by atoms with van der Waals surface area (Å²) in [6.07, 6.45) is 4.02. The average Bonchev–Trinajstić information content (AvgIpc) is 3.19. The number of pyridine rings is 1. The highest BCUT2D eigenvalue weighted by atomic mass is 16.5. The molecule has 0 saturated heterocycles. The summed E-state index contributed by atoms with van der Waals surface area (Å²) in [6.45, 7) is 5.78. The van der Waals surface area contributed by atoms with Gasteiger partial charge >= 0.3 is 0 Å². The van der Waals surface area contributed by atoms with E-state index in [2.05, 4.69) is 37.9 Å². The van der Waals surface area contributed by atoms with Crippen molar-refractivity contribution in [3.8, 4) is 0 Å². The molecule has 4 rings (SSSR count). The molecule has 3 aromatic heterocycles. The molecule has 0 aromatic carbocycles. The van der Waals surface area contributed by atoms with Gasteiger partial charge in [-0.05, 0) is 31.2 Å². The summed E-state index contributed by atoms with van der Waals surface area (Å²) >= 11 is 0. The van der Waals surface area contributed by atoms with E-state index < -0.39 is 0 Å². The topological polar surface area (TPSA) is 56.3 Å². The van der Waals surface area contributed by atoms with Gasteiger partial charge in [-0.3, -0.25) is 9.88 Å². The Labute approximate surface area is 147 Å². The lowest BCUT2D eigenvalue weighted by atomic mass is 10.3. The van der Waals surface area contributed by atoms with Crippen LogP contribution in [0.15, 0.2) is 53.3 Å². The van der Waals surface area contributed by atoms with Crippen molar-refractivity contribution in [1.82, 2.24) is 19.6 Å². The van der Waals surface area contributed by atoms with E-state index in [9.17, 15) is 0 Å². The van der Waals surface area contributed by atoms with Crippen molar-refractivity contribution in [1.29, 1.82) is 0 Å². The van der Waals surface area contributed by atoms with Crippen molar-refractivity contribution in [2.45, 2.75) is 39.3 Å². The normalized spacial score (nSPS) is 18.0. The summed E-state index contributed by atoms with van der Waals surface area (Å²) < 4.78 is 13.7. The first-order chi connectivity index (χ1) is 12.3. The quantitative estimate of drug-likeness (QED) is 0.716. The van der Waals surface area contributed by atoms with Crippen LogP contribution in [0.1, 0.15) is 22.8 Å². The van der Waals surface area contributed by atoms with E-state index in [4.69, 9.17) is 9.26 Å². The standard InChI is InChI=1S/C19H22N4O2/c1-15-9-17(21-25-15)10-22-11-18-6-4-8-23(18)13-19(12-22)24-14-16-5-2-3-7-20-16/h2-9,19H,10-14H2,1H3. The molecule has 1 aliphatic rings. The van der Waals surface area contributed by atoms with Crippen LogP contribution in [0.5, 0.6) is 0 Å². The minimum absolute atomic E-state index is 0.101. The number of hydrogen-bond acceptors (Lipinski definition) is 5. The van der Waals surface area contributed by atoms with Crippen molar-refractivity contribution < 1.29 is 9.26 Å². The lowest BCUT2D eigenvalue weighted by Gasteiger charge is -2.23. The van der Waals surface area contributed by atoms with Crippen molar-refractivity contribution in [2.24, 2.45) is 0 Å². The van der Waals surface area contributed by atoms with Gasteiger partial charge in [0.05, 0.1) is 24.1 Å². The van der Waals surface area contributed by atoms with Crippen molar-refractivity contribution in [3.05, 3.63) is 71.6 Å². The lowest BCUT2D eigenvalue weighted by molar-refractivity contribution is 0.00691. The minimum Gasteiger partial charge on any atom is -0.369 e. The molecule has 6 nitrogen and oxygen atoms in total. The van der Waals surface area contributed by atoms with Crippen LogP contribution in [0, 0.1) is 6.92 Å². The number of fused-ring (bicyclic) bond motifs is 1. The number of nitrogens with zero attached hydrogens (tertiary/aromatic N) is 4. The second kappa shape index (κ2) is 7.21. The molecule has 1 atom stereocenters. The van der Waals surface area contributed by atoms with Gasteiger partial charge in [0.25, 0.3) is 0 Å². The largest absolute Gasteiger partial charge is 0.369 e. The minimum atomic E-state index is 0.101. The zero-order chi connectivity index (χ0) is 17.1. The highest BCUT2D eigenvalue weighted by Gasteiger charge is 2.23. The molecular weight excluding hydrogens is 316 g/mol. The number of hydrogen-bond donors (Lipinski definition) is 0. The molecule has 130 valence electrons. The lowest BCUT2D eigenvalue weighted by Crippen LogP contribution is -2.32.